The van der Waals surface area contributed by atoms with Gasteiger partial charge in [0.15, 0.2) is 11.5 Å². The van der Waals surface area contributed by atoms with E-state index in [-0.39, 0.29) is 5.88 Å². The molecule has 0 unspecified atom stereocenters. The summed E-state index contributed by atoms with van der Waals surface area (Å²) in [6.07, 6.45) is 1.49. The number of nitrogens with zero attached hydrogens (tertiary/aromatic N) is 4. The van der Waals surface area contributed by atoms with E-state index in [1.54, 1.807) is 11.3 Å². The molecule has 142 valence electrons. The first kappa shape index (κ1) is 17.5. The molecule has 0 atom stereocenters. The number of aromatic nitrogens is 3. The minimum atomic E-state index is -0.00338. The van der Waals surface area contributed by atoms with Crippen LogP contribution in [0.5, 0.6) is 5.88 Å². The maximum atomic E-state index is 10.4. The normalized spacial score (nSPS) is 11.8. The van der Waals surface area contributed by atoms with E-state index in [9.17, 15) is 5.11 Å². The Hall–Kier alpha value is -3.58. The predicted molar refractivity (Wildman–Crippen MR) is 116 cm³/mol. The highest BCUT2D eigenvalue weighted by Gasteiger charge is 2.15. The standard InChI is InChI=1S/C22H17N5OS/c1-12-8-13(2)18-15(9-12)19(21(28)25-18)26-27-20-17-16(14-6-4-3-5-7-14)10-29-22(17)24-11-23-20/h3-11,25,28H,1-2H3. The number of hydrogen-bond donors (Lipinski definition) is 2. The van der Waals surface area contributed by atoms with Crippen molar-refractivity contribution in [2.45, 2.75) is 13.8 Å². The molecule has 6 nitrogen and oxygen atoms in total. The van der Waals surface area contributed by atoms with E-state index in [1.165, 1.54) is 6.33 Å². The van der Waals surface area contributed by atoms with E-state index in [0.717, 1.165) is 43.4 Å². The summed E-state index contributed by atoms with van der Waals surface area (Å²) >= 11 is 1.55. The molecule has 0 aliphatic heterocycles. The van der Waals surface area contributed by atoms with Crippen molar-refractivity contribution >= 4 is 44.0 Å². The Bertz CT molecular complexity index is 1390. The van der Waals surface area contributed by atoms with Gasteiger partial charge in [0, 0.05) is 16.3 Å². The molecular formula is C22H17N5OS. The first-order valence-corrected chi connectivity index (χ1v) is 10.0. The van der Waals surface area contributed by atoms with Crippen LogP contribution in [0.3, 0.4) is 0 Å². The van der Waals surface area contributed by atoms with Crippen LogP contribution in [0.1, 0.15) is 11.1 Å². The van der Waals surface area contributed by atoms with Gasteiger partial charge in [0.2, 0.25) is 5.88 Å². The number of azo groups is 1. The van der Waals surface area contributed by atoms with E-state index in [0.29, 0.717) is 11.5 Å². The van der Waals surface area contributed by atoms with Crippen LogP contribution < -0.4 is 0 Å². The van der Waals surface area contributed by atoms with Crippen LogP contribution in [0, 0.1) is 13.8 Å². The maximum absolute atomic E-state index is 10.4. The molecule has 0 saturated carbocycles. The van der Waals surface area contributed by atoms with Crippen molar-refractivity contribution in [3.63, 3.8) is 0 Å². The number of rotatable bonds is 3. The van der Waals surface area contributed by atoms with E-state index in [1.807, 2.05) is 50.2 Å². The molecule has 0 aliphatic carbocycles. The molecule has 2 N–H and O–H groups in total. The van der Waals surface area contributed by atoms with Gasteiger partial charge in [-0.1, -0.05) is 42.0 Å². The van der Waals surface area contributed by atoms with Crippen molar-refractivity contribution in [1.82, 2.24) is 15.0 Å². The first-order valence-electron chi connectivity index (χ1n) is 9.13. The number of aromatic hydroxyl groups is 1. The van der Waals surface area contributed by atoms with E-state index < -0.39 is 0 Å². The second-order valence-electron chi connectivity index (χ2n) is 6.92. The van der Waals surface area contributed by atoms with Gasteiger partial charge in [-0.05, 0) is 31.0 Å². The molecule has 3 heterocycles. The number of H-pyrrole nitrogens is 1. The van der Waals surface area contributed by atoms with E-state index >= 15 is 0 Å². The third-order valence-electron chi connectivity index (χ3n) is 4.88. The monoisotopic (exact) mass is 399 g/mol. The zero-order chi connectivity index (χ0) is 20.0. The third-order valence-corrected chi connectivity index (χ3v) is 5.77. The lowest BCUT2D eigenvalue weighted by Crippen LogP contribution is -1.81. The highest BCUT2D eigenvalue weighted by molar-refractivity contribution is 7.17. The lowest BCUT2D eigenvalue weighted by molar-refractivity contribution is 0.459. The van der Waals surface area contributed by atoms with Crippen molar-refractivity contribution in [2.75, 3.05) is 0 Å². The second kappa shape index (κ2) is 6.79. The Morgan fingerprint density at radius 3 is 2.69 bits per heavy atom. The number of thiophene rings is 1. The molecular weight excluding hydrogens is 382 g/mol. The summed E-state index contributed by atoms with van der Waals surface area (Å²) in [4.78, 5) is 12.6. The fourth-order valence-electron chi connectivity index (χ4n) is 3.59. The third kappa shape index (κ3) is 2.96. The molecule has 0 radical (unpaired) electrons. The molecule has 0 amide bonds. The summed E-state index contributed by atoms with van der Waals surface area (Å²) in [5.41, 5.74) is 5.51. The zero-order valence-corrected chi connectivity index (χ0v) is 16.7. The lowest BCUT2D eigenvalue weighted by Gasteiger charge is -2.01. The second-order valence-corrected chi connectivity index (χ2v) is 7.78. The molecule has 5 rings (SSSR count). The van der Waals surface area contributed by atoms with Gasteiger partial charge in [0.25, 0.3) is 0 Å². The van der Waals surface area contributed by atoms with Crippen molar-refractivity contribution in [3.05, 3.63) is 65.3 Å². The van der Waals surface area contributed by atoms with Crippen molar-refractivity contribution in [3.8, 4) is 17.0 Å². The largest absolute Gasteiger partial charge is 0.493 e. The van der Waals surface area contributed by atoms with Crippen LogP contribution >= 0.6 is 11.3 Å². The fourth-order valence-corrected chi connectivity index (χ4v) is 4.50. The SMILES string of the molecule is Cc1cc(C)c2[nH]c(O)c(N=Nc3ncnc4scc(-c5ccccc5)c34)c2c1. The highest BCUT2D eigenvalue weighted by Crippen LogP contribution is 2.41. The minimum Gasteiger partial charge on any atom is -0.493 e. The number of hydrogen-bond acceptors (Lipinski definition) is 6. The van der Waals surface area contributed by atoms with Crippen LogP contribution in [0.4, 0.5) is 11.5 Å². The Morgan fingerprint density at radius 2 is 1.86 bits per heavy atom. The number of aryl methyl sites for hydroxylation is 2. The molecule has 29 heavy (non-hydrogen) atoms. The Kier molecular flexibility index (Phi) is 4.10. The molecule has 0 fully saturated rings. The van der Waals surface area contributed by atoms with Crippen molar-refractivity contribution < 1.29 is 5.11 Å². The van der Waals surface area contributed by atoms with E-state index in [2.05, 4.69) is 36.6 Å². The summed E-state index contributed by atoms with van der Waals surface area (Å²) < 4.78 is 0. The molecule has 7 heteroatoms. The van der Waals surface area contributed by atoms with Gasteiger partial charge < -0.3 is 10.1 Å². The van der Waals surface area contributed by atoms with Crippen LogP contribution in [0.25, 0.3) is 32.2 Å². The number of fused-ring (bicyclic) bond motifs is 2. The number of aromatic amines is 1. The van der Waals surface area contributed by atoms with Gasteiger partial charge in [-0.25, -0.2) is 9.97 Å². The summed E-state index contributed by atoms with van der Waals surface area (Å²) in [7, 11) is 0. The van der Waals surface area contributed by atoms with Crippen LogP contribution in [0.15, 0.2) is 64.4 Å². The quantitative estimate of drug-likeness (QED) is 0.336. The van der Waals surface area contributed by atoms with Gasteiger partial charge in [-0.2, -0.15) is 0 Å². The fraction of sp³-hybridized carbons (Fsp3) is 0.0909. The summed E-state index contributed by atoms with van der Waals surface area (Å²) in [5.74, 6) is 0.476. The van der Waals surface area contributed by atoms with Gasteiger partial charge in [0.05, 0.1) is 10.9 Å². The molecule has 3 aromatic heterocycles. The summed E-state index contributed by atoms with van der Waals surface area (Å²) in [6.45, 7) is 4.01. The van der Waals surface area contributed by atoms with Crippen molar-refractivity contribution in [1.29, 1.82) is 0 Å². The Balaban J connectivity index is 1.67. The van der Waals surface area contributed by atoms with Gasteiger partial charge in [0.1, 0.15) is 11.2 Å². The van der Waals surface area contributed by atoms with E-state index in [4.69, 9.17) is 0 Å². The van der Waals surface area contributed by atoms with Crippen LogP contribution in [-0.4, -0.2) is 20.1 Å². The van der Waals surface area contributed by atoms with Gasteiger partial charge in [-0.3, -0.25) is 0 Å². The first-order chi connectivity index (χ1) is 14.1. The molecule has 0 bridgehead atoms. The number of nitrogens with one attached hydrogen (secondary N) is 1. The zero-order valence-electron chi connectivity index (χ0n) is 15.8. The average Bonchev–Trinajstić information content (AvgIpc) is 3.29. The lowest BCUT2D eigenvalue weighted by atomic mass is 10.1. The topological polar surface area (TPSA) is 86.5 Å². The summed E-state index contributed by atoms with van der Waals surface area (Å²) in [5, 5.41) is 22.9. The summed E-state index contributed by atoms with van der Waals surface area (Å²) in [6, 6.07) is 14.1. The smallest absolute Gasteiger partial charge is 0.218 e. The highest BCUT2D eigenvalue weighted by atomic mass is 32.1. The van der Waals surface area contributed by atoms with Gasteiger partial charge >= 0.3 is 0 Å². The molecule has 0 aliphatic rings. The average molecular weight is 399 g/mol. The molecule has 0 spiro atoms. The van der Waals surface area contributed by atoms with Crippen LogP contribution in [0.2, 0.25) is 0 Å². The Morgan fingerprint density at radius 1 is 1.03 bits per heavy atom. The van der Waals surface area contributed by atoms with Crippen LogP contribution in [-0.2, 0) is 0 Å². The molecule has 2 aromatic carbocycles. The molecule has 0 saturated heterocycles. The molecule has 5 aromatic rings. The predicted octanol–water partition coefficient (Wildman–Crippen LogP) is 6.58. The number of benzene rings is 2. The van der Waals surface area contributed by atoms with Gasteiger partial charge in [-0.15, -0.1) is 21.6 Å². The Labute approximate surface area is 170 Å². The van der Waals surface area contributed by atoms with Crippen molar-refractivity contribution in [2.24, 2.45) is 10.2 Å². The maximum Gasteiger partial charge on any atom is 0.218 e. The minimum absolute atomic E-state index is 0.00338.